The van der Waals surface area contributed by atoms with Crippen LogP contribution in [0.5, 0.6) is 0 Å². The predicted molar refractivity (Wildman–Crippen MR) is 69.2 cm³/mol. The summed E-state index contributed by atoms with van der Waals surface area (Å²) in [6, 6.07) is 0. The highest BCUT2D eigenvalue weighted by molar-refractivity contribution is 4.87. The Morgan fingerprint density at radius 2 is 2.29 bits per heavy atom. The molecule has 3 heteroatoms. The second kappa shape index (κ2) is 6.17. The first-order valence-corrected chi connectivity index (χ1v) is 7.08. The largest absolute Gasteiger partial charge is 0.378 e. The van der Waals surface area contributed by atoms with E-state index < -0.39 is 0 Å². The summed E-state index contributed by atoms with van der Waals surface area (Å²) < 4.78 is 11.1. The van der Waals surface area contributed by atoms with Gasteiger partial charge < -0.3 is 14.8 Å². The van der Waals surface area contributed by atoms with Gasteiger partial charge in [-0.3, -0.25) is 0 Å². The van der Waals surface area contributed by atoms with Crippen molar-refractivity contribution in [3.63, 3.8) is 0 Å². The molecule has 0 aromatic heterocycles. The molecule has 17 heavy (non-hydrogen) atoms. The van der Waals surface area contributed by atoms with E-state index in [-0.39, 0.29) is 5.60 Å². The second-order valence-corrected chi connectivity index (χ2v) is 5.96. The van der Waals surface area contributed by atoms with Crippen molar-refractivity contribution in [3.05, 3.63) is 0 Å². The molecule has 100 valence electrons. The lowest BCUT2D eigenvalue weighted by Crippen LogP contribution is -2.44. The molecule has 2 fully saturated rings. The van der Waals surface area contributed by atoms with E-state index in [1.807, 2.05) is 0 Å². The Bertz CT molecular complexity index is 226. The highest BCUT2D eigenvalue weighted by Gasteiger charge is 2.34. The van der Waals surface area contributed by atoms with Gasteiger partial charge in [-0.15, -0.1) is 0 Å². The van der Waals surface area contributed by atoms with E-state index >= 15 is 0 Å². The average molecular weight is 241 g/mol. The number of methoxy groups -OCH3 is 1. The van der Waals surface area contributed by atoms with E-state index in [1.54, 1.807) is 7.11 Å². The van der Waals surface area contributed by atoms with Gasteiger partial charge in [0.25, 0.3) is 0 Å². The zero-order chi connectivity index (χ0) is 12.1. The third-order valence-electron chi connectivity index (χ3n) is 4.43. The maximum Gasteiger partial charge on any atom is 0.106 e. The van der Waals surface area contributed by atoms with Gasteiger partial charge in [0.05, 0.1) is 6.61 Å². The summed E-state index contributed by atoms with van der Waals surface area (Å²) in [7, 11) is 1.80. The molecular formula is C14H27NO2. The Kier molecular flexibility index (Phi) is 4.83. The molecule has 1 aliphatic carbocycles. The molecule has 0 bridgehead atoms. The normalized spacial score (nSPS) is 38.5. The van der Waals surface area contributed by atoms with Crippen molar-refractivity contribution >= 4 is 0 Å². The number of rotatable bonds is 5. The third kappa shape index (κ3) is 3.67. The zero-order valence-electron chi connectivity index (χ0n) is 11.3. The van der Waals surface area contributed by atoms with E-state index in [2.05, 4.69) is 12.2 Å². The van der Waals surface area contributed by atoms with Gasteiger partial charge in [0.1, 0.15) is 5.60 Å². The van der Waals surface area contributed by atoms with Crippen molar-refractivity contribution in [2.75, 3.05) is 33.4 Å². The molecule has 1 saturated carbocycles. The fourth-order valence-corrected chi connectivity index (χ4v) is 3.21. The summed E-state index contributed by atoms with van der Waals surface area (Å²) in [5, 5.41) is 3.60. The third-order valence-corrected chi connectivity index (χ3v) is 4.43. The number of nitrogens with one attached hydrogen (secondary N) is 1. The first-order valence-electron chi connectivity index (χ1n) is 7.08. The Labute approximate surface area is 105 Å². The Hall–Kier alpha value is -0.120. The number of ether oxygens (including phenoxy) is 2. The summed E-state index contributed by atoms with van der Waals surface area (Å²) in [5.74, 6) is 1.79. The molecule has 1 aliphatic heterocycles. The minimum Gasteiger partial charge on any atom is -0.378 e. The maximum absolute atomic E-state index is 5.62. The maximum atomic E-state index is 5.62. The second-order valence-electron chi connectivity index (χ2n) is 5.96. The van der Waals surface area contributed by atoms with Crippen LogP contribution in [0.25, 0.3) is 0 Å². The van der Waals surface area contributed by atoms with Crippen molar-refractivity contribution in [2.24, 2.45) is 11.8 Å². The lowest BCUT2D eigenvalue weighted by molar-refractivity contribution is -0.0164. The van der Waals surface area contributed by atoms with Gasteiger partial charge in [0.15, 0.2) is 0 Å². The van der Waals surface area contributed by atoms with E-state index in [0.29, 0.717) is 0 Å². The van der Waals surface area contributed by atoms with Crippen LogP contribution in [0.4, 0.5) is 0 Å². The average Bonchev–Trinajstić information content (AvgIpc) is 2.79. The molecule has 3 atom stereocenters. The van der Waals surface area contributed by atoms with Gasteiger partial charge in [-0.2, -0.15) is 0 Å². The summed E-state index contributed by atoms with van der Waals surface area (Å²) in [6.45, 7) is 6.06. The van der Waals surface area contributed by atoms with Gasteiger partial charge in [-0.25, -0.2) is 0 Å². The van der Waals surface area contributed by atoms with Crippen LogP contribution in [0.15, 0.2) is 0 Å². The molecule has 0 aromatic rings. The molecule has 1 N–H and O–H groups in total. The summed E-state index contributed by atoms with van der Waals surface area (Å²) >= 11 is 0. The van der Waals surface area contributed by atoms with Crippen LogP contribution in [-0.2, 0) is 9.47 Å². The lowest BCUT2D eigenvalue weighted by Gasteiger charge is -2.30. The fourth-order valence-electron chi connectivity index (χ4n) is 3.21. The van der Waals surface area contributed by atoms with Crippen molar-refractivity contribution in [3.8, 4) is 0 Å². The van der Waals surface area contributed by atoms with Gasteiger partial charge in [0.2, 0.25) is 0 Å². The van der Waals surface area contributed by atoms with Gasteiger partial charge in [0, 0.05) is 26.7 Å². The van der Waals surface area contributed by atoms with E-state index in [4.69, 9.17) is 9.47 Å². The minimum absolute atomic E-state index is 0.0553. The van der Waals surface area contributed by atoms with Crippen molar-refractivity contribution in [1.82, 2.24) is 5.32 Å². The Balaban J connectivity index is 1.67. The van der Waals surface area contributed by atoms with E-state index in [0.717, 1.165) is 44.6 Å². The first-order chi connectivity index (χ1) is 8.24. The van der Waals surface area contributed by atoms with Crippen LogP contribution in [0.2, 0.25) is 0 Å². The molecule has 0 amide bonds. The standard InChI is InChI=1S/C14H27NO2/c1-12-4-3-5-13(8-12)9-15-10-14(16-2)6-7-17-11-14/h12-13,15H,3-11H2,1-2H3. The highest BCUT2D eigenvalue weighted by Crippen LogP contribution is 2.28. The summed E-state index contributed by atoms with van der Waals surface area (Å²) in [6.07, 6.45) is 6.65. The molecule has 3 nitrogen and oxygen atoms in total. The molecule has 0 spiro atoms. The van der Waals surface area contributed by atoms with Crippen molar-refractivity contribution in [2.45, 2.75) is 44.6 Å². The van der Waals surface area contributed by atoms with Crippen LogP contribution >= 0.6 is 0 Å². The molecule has 2 rings (SSSR count). The zero-order valence-corrected chi connectivity index (χ0v) is 11.3. The SMILES string of the molecule is COC1(CNCC2CCCC(C)C2)CCOC1. The van der Waals surface area contributed by atoms with E-state index in [9.17, 15) is 0 Å². The van der Waals surface area contributed by atoms with Crippen LogP contribution < -0.4 is 5.32 Å². The minimum atomic E-state index is -0.0553. The van der Waals surface area contributed by atoms with Crippen LogP contribution in [0, 0.1) is 11.8 Å². The monoisotopic (exact) mass is 241 g/mol. The van der Waals surface area contributed by atoms with E-state index in [1.165, 1.54) is 25.7 Å². The molecule has 3 unspecified atom stereocenters. The van der Waals surface area contributed by atoms with Crippen LogP contribution in [0.3, 0.4) is 0 Å². The van der Waals surface area contributed by atoms with Crippen molar-refractivity contribution < 1.29 is 9.47 Å². The molecule has 1 heterocycles. The fraction of sp³-hybridized carbons (Fsp3) is 1.00. The highest BCUT2D eigenvalue weighted by atomic mass is 16.5. The topological polar surface area (TPSA) is 30.5 Å². The Morgan fingerprint density at radius 1 is 1.41 bits per heavy atom. The quantitative estimate of drug-likeness (QED) is 0.800. The smallest absolute Gasteiger partial charge is 0.106 e. The molecule has 1 saturated heterocycles. The molecule has 2 aliphatic rings. The van der Waals surface area contributed by atoms with Gasteiger partial charge >= 0.3 is 0 Å². The van der Waals surface area contributed by atoms with Gasteiger partial charge in [-0.05, 0) is 31.2 Å². The summed E-state index contributed by atoms with van der Waals surface area (Å²) in [4.78, 5) is 0. The molecule has 0 radical (unpaired) electrons. The molecular weight excluding hydrogens is 214 g/mol. The number of hydrogen-bond acceptors (Lipinski definition) is 3. The van der Waals surface area contributed by atoms with Crippen molar-refractivity contribution in [1.29, 1.82) is 0 Å². The van der Waals surface area contributed by atoms with Crippen LogP contribution in [0.1, 0.15) is 39.0 Å². The lowest BCUT2D eigenvalue weighted by atomic mass is 9.82. The van der Waals surface area contributed by atoms with Gasteiger partial charge in [-0.1, -0.05) is 19.8 Å². The Morgan fingerprint density at radius 3 is 2.94 bits per heavy atom. The predicted octanol–water partition coefficient (Wildman–Crippen LogP) is 2.21. The molecule has 0 aromatic carbocycles. The first kappa shape index (κ1) is 13.3. The number of hydrogen-bond donors (Lipinski definition) is 1. The summed E-state index contributed by atoms with van der Waals surface area (Å²) in [5.41, 5.74) is -0.0553. The van der Waals surface area contributed by atoms with Crippen LogP contribution in [-0.4, -0.2) is 39.0 Å².